The highest BCUT2D eigenvalue weighted by Gasteiger charge is 2.27. The van der Waals surface area contributed by atoms with Crippen LogP contribution in [0.15, 0.2) is 0 Å². The van der Waals surface area contributed by atoms with Crippen LogP contribution in [0.25, 0.3) is 0 Å². The lowest BCUT2D eigenvalue weighted by Gasteiger charge is -2.28. The molecule has 0 heterocycles. The second-order valence-electron chi connectivity index (χ2n) is 9.78. The third kappa shape index (κ3) is 23.0. The van der Waals surface area contributed by atoms with Crippen molar-refractivity contribution < 1.29 is 58.0 Å². The maximum atomic E-state index is 13.3. The van der Waals surface area contributed by atoms with Gasteiger partial charge in [-0.2, -0.15) is 0 Å². The van der Waals surface area contributed by atoms with Crippen molar-refractivity contribution in [1.82, 2.24) is 26.2 Å². The molecule has 5 amide bonds. The van der Waals surface area contributed by atoms with E-state index in [0.717, 1.165) is 0 Å². The van der Waals surface area contributed by atoms with Gasteiger partial charge < -0.3 is 45.9 Å². The number of amides is 5. The Morgan fingerprint density at radius 1 is 0.702 bits per heavy atom. The topological polar surface area (TPSA) is 247 Å². The molecule has 0 aromatic rings. The van der Waals surface area contributed by atoms with Crippen LogP contribution in [0.5, 0.6) is 0 Å². The summed E-state index contributed by atoms with van der Waals surface area (Å²) in [5, 5.41) is 28.0. The maximum Gasteiger partial charge on any atom is 0.326 e. The molecule has 6 N–H and O–H groups in total. The van der Waals surface area contributed by atoms with E-state index in [-0.39, 0.29) is 94.6 Å². The van der Waals surface area contributed by atoms with E-state index in [2.05, 4.69) is 37.2 Å². The first-order valence-corrected chi connectivity index (χ1v) is 16.7. The molecule has 0 fully saturated rings. The number of carboxylic acid groups (broad SMARTS) is 2. The van der Waals surface area contributed by atoms with Gasteiger partial charge in [-0.3, -0.25) is 33.6 Å². The summed E-state index contributed by atoms with van der Waals surface area (Å²) >= 11 is 13.9. The Morgan fingerprint density at radius 3 is 1.79 bits per heavy atom. The summed E-state index contributed by atoms with van der Waals surface area (Å²) in [4.78, 5) is 95.8. The van der Waals surface area contributed by atoms with Crippen LogP contribution in [0.2, 0.25) is 0 Å². The second-order valence-corrected chi connectivity index (χ2v) is 10.9. The Labute approximate surface area is 290 Å². The van der Waals surface area contributed by atoms with Crippen molar-refractivity contribution in [2.75, 3.05) is 69.7 Å². The second kappa shape index (κ2) is 26.9. The molecule has 0 spiro atoms. The minimum absolute atomic E-state index is 0.00463. The third-order valence-corrected chi connectivity index (χ3v) is 7.05. The molecule has 0 saturated heterocycles. The molecule has 17 nitrogen and oxygen atoms in total. The Kier molecular flexibility index (Phi) is 25.2. The molecule has 268 valence electrons. The Morgan fingerprint density at radius 2 is 1.26 bits per heavy atom. The van der Waals surface area contributed by atoms with E-state index in [0.29, 0.717) is 6.42 Å². The maximum absolute atomic E-state index is 13.3. The van der Waals surface area contributed by atoms with Crippen LogP contribution in [0, 0.1) is 0 Å². The highest BCUT2D eigenvalue weighted by Crippen LogP contribution is 2.06. The van der Waals surface area contributed by atoms with Gasteiger partial charge in [0, 0.05) is 52.0 Å². The average molecular weight is 779 g/mol. The SMILES string of the molecule is O=C(O)CC[C@H](NC(=O)COCCOCCCC(=O)CC[C@H](NC(=O)CBr)C(=O)O)C(=O)N(CCNC(=O)CCl)CCNC(=O)CCl. The highest BCUT2D eigenvalue weighted by atomic mass is 79.9. The predicted octanol–water partition coefficient (Wildman–Crippen LogP) is -0.998. The molecule has 0 radical (unpaired) electrons. The number of ketones is 1. The number of carboxylic acids is 2. The van der Waals surface area contributed by atoms with Crippen LogP contribution < -0.4 is 21.3 Å². The molecular formula is C27H42BrCl2N5O12. The number of ether oxygens (including phenoxy) is 2. The molecule has 0 rings (SSSR count). The van der Waals surface area contributed by atoms with Gasteiger partial charge in [-0.25, -0.2) is 4.79 Å². The van der Waals surface area contributed by atoms with Crippen LogP contribution in [-0.4, -0.2) is 144 Å². The van der Waals surface area contributed by atoms with E-state index in [4.69, 9.17) is 42.9 Å². The molecule has 0 unspecified atom stereocenters. The van der Waals surface area contributed by atoms with E-state index in [9.17, 15) is 38.4 Å². The quantitative estimate of drug-likeness (QED) is 0.0414. The van der Waals surface area contributed by atoms with Crippen molar-refractivity contribution in [3.8, 4) is 0 Å². The number of nitrogens with zero attached hydrogens (tertiary/aromatic N) is 1. The standard InChI is InChI=1S/C27H42BrCl2N5O12/c28-14-21(37)34-20(27(44)45)4-3-18(36)2-1-11-46-12-13-47-17-24(40)33-19(5-6-25(41)42)26(43)35(9-7-31-22(38)15-29)10-8-32-23(39)16-30/h19-20H,1-17H2,(H,31,38)(H,32,39)(H,33,40)(H,34,37)(H,41,42)(H,44,45)/t19-,20-/m0/s1. The number of nitrogens with one attached hydrogen (secondary N) is 4. The zero-order valence-electron chi connectivity index (χ0n) is 25.7. The van der Waals surface area contributed by atoms with Gasteiger partial charge in [0.15, 0.2) is 0 Å². The summed E-state index contributed by atoms with van der Waals surface area (Å²) in [6.45, 7) is -0.201. The first kappa shape index (κ1) is 43.9. The molecule has 20 heteroatoms. The van der Waals surface area contributed by atoms with Gasteiger partial charge >= 0.3 is 11.9 Å². The first-order chi connectivity index (χ1) is 22.3. The van der Waals surface area contributed by atoms with Gasteiger partial charge in [0.2, 0.25) is 29.5 Å². The van der Waals surface area contributed by atoms with E-state index < -0.39 is 66.6 Å². The fraction of sp³-hybridized carbons (Fsp3) is 0.704. The number of alkyl halides is 3. The zero-order chi connectivity index (χ0) is 35.6. The summed E-state index contributed by atoms with van der Waals surface area (Å²) in [6.07, 6.45) is -0.224. The molecule has 47 heavy (non-hydrogen) atoms. The highest BCUT2D eigenvalue weighted by molar-refractivity contribution is 9.09. The third-order valence-electron chi connectivity index (χ3n) is 6.06. The van der Waals surface area contributed by atoms with Gasteiger partial charge in [0.25, 0.3) is 0 Å². The van der Waals surface area contributed by atoms with Crippen molar-refractivity contribution >= 4 is 86.4 Å². The van der Waals surface area contributed by atoms with Gasteiger partial charge in [-0.15, -0.1) is 23.2 Å². The number of hydrogen-bond acceptors (Lipinski definition) is 10. The number of aliphatic carboxylic acids is 2. The summed E-state index contributed by atoms with van der Waals surface area (Å²) in [7, 11) is 0. The fourth-order valence-electron chi connectivity index (χ4n) is 3.75. The Hall–Kier alpha value is -3.06. The van der Waals surface area contributed by atoms with Crippen LogP contribution in [0.3, 0.4) is 0 Å². The smallest absolute Gasteiger partial charge is 0.326 e. The van der Waals surface area contributed by atoms with Gasteiger partial charge in [0.1, 0.15) is 36.2 Å². The molecule has 0 aliphatic carbocycles. The van der Waals surface area contributed by atoms with Crippen molar-refractivity contribution in [1.29, 1.82) is 0 Å². The number of carbonyl (C=O) groups is 8. The van der Waals surface area contributed by atoms with Gasteiger partial charge in [-0.05, 0) is 19.3 Å². The largest absolute Gasteiger partial charge is 0.481 e. The molecule has 0 aromatic heterocycles. The lowest BCUT2D eigenvalue weighted by molar-refractivity contribution is -0.142. The molecular weight excluding hydrogens is 737 g/mol. The number of hydrogen-bond donors (Lipinski definition) is 6. The van der Waals surface area contributed by atoms with Crippen molar-refractivity contribution in [2.24, 2.45) is 0 Å². The minimum Gasteiger partial charge on any atom is -0.481 e. The fourth-order valence-corrected chi connectivity index (χ4v) is 4.10. The lowest BCUT2D eigenvalue weighted by atomic mass is 10.1. The number of halogens is 3. The summed E-state index contributed by atoms with van der Waals surface area (Å²) in [6, 6.07) is -2.40. The van der Waals surface area contributed by atoms with Crippen LogP contribution in [0.4, 0.5) is 0 Å². The van der Waals surface area contributed by atoms with E-state index >= 15 is 0 Å². The summed E-state index contributed by atoms with van der Waals surface area (Å²) in [5.74, 6) is -5.98. The molecule has 2 atom stereocenters. The molecule has 0 aliphatic rings. The average Bonchev–Trinajstić information content (AvgIpc) is 3.04. The van der Waals surface area contributed by atoms with Crippen molar-refractivity contribution in [3.05, 3.63) is 0 Å². The van der Waals surface area contributed by atoms with Crippen LogP contribution in [-0.2, 0) is 47.8 Å². The zero-order valence-corrected chi connectivity index (χ0v) is 28.8. The molecule has 0 bridgehead atoms. The first-order valence-electron chi connectivity index (χ1n) is 14.5. The molecule has 0 saturated carbocycles. The molecule has 0 aromatic carbocycles. The predicted molar refractivity (Wildman–Crippen MR) is 171 cm³/mol. The van der Waals surface area contributed by atoms with Gasteiger partial charge in [-0.1, -0.05) is 15.9 Å². The number of rotatable bonds is 28. The van der Waals surface area contributed by atoms with Crippen LogP contribution >= 0.6 is 39.1 Å². The summed E-state index contributed by atoms with van der Waals surface area (Å²) in [5.41, 5.74) is 0. The van der Waals surface area contributed by atoms with Crippen molar-refractivity contribution in [3.63, 3.8) is 0 Å². The lowest BCUT2D eigenvalue weighted by Crippen LogP contribution is -2.52. The number of Topliss-reactive ketones (excluding diaryl/α,β-unsaturated/α-hetero) is 1. The van der Waals surface area contributed by atoms with Crippen molar-refractivity contribution in [2.45, 2.75) is 50.6 Å². The minimum atomic E-state index is -1.24. The Bertz CT molecular complexity index is 1030. The number of carbonyl (C=O) groups excluding carboxylic acids is 6. The monoisotopic (exact) mass is 777 g/mol. The van der Waals surface area contributed by atoms with E-state index in [1.54, 1.807) is 0 Å². The summed E-state index contributed by atoms with van der Waals surface area (Å²) < 4.78 is 10.6. The molecule has 0 aliphatic heterocycles. The van der Waals surface area contributed by atoms with E-state index in [1.807, 2.05) is 0 Å². The normalized spacial score (nSPS) is 11.9. The van der Waals surface area contributed by atoms with E-state index in [1.165, 1.54) is 4.90 Å². The van der Waals surface area contributed by atoms with Crippen LogP contribution in [0.1, 0.15) is 38.5 Å². The Balaban J connectivity index is 4.70. The van der Waals surface area contributed by atoms with Gasteiger partial charge in [0.05, 0.1) is 18.5 Å².